The lowest BCUT2D eigenvalue weighted by molar-refractivity contribution is 0.175. The maximum Gasteiger partial charge on any atom is 0.0462 e. The van der Waals surface area contributed by atoms with Crippen molar-refractivity contribution in [3.63, 3.8) is 0 Å². The van der Waals surface area contributed by atoms with Crippen molar-refractivity contribution >= 4 is 0 Å². The molecule has 0 bridgehead atoms. The van der Waals surface area contributed by atoms with Crippen molar-refractivity contribution in [3.05, 3.63) is 0 Å². The topological polar surface area (TPSA) is 21.3 Å². The summed E-state index contributed by atoms with van der Waals surface area (Å²) in [5.41, 5.74) is 0.410. The van der Waals surface area contributed by atoms with Crippen molar-refractivity contribution in [3.8, 4) is 0 Å². The Morgan fingerprint density at radius 2 is 2.00 bits per heavy atom. The summed E-state index contributed by atoms with van der Waals surface area (Å²) in [5.74, 6) is 0. The summed E-state index contributed by atoms with van der Waals surface area (Å²) in [5, 5.41) is 3.19. The van der Waals surface area contributed by atoms with Crippen molar-refractivity contribution in [2.75, 3.05) is 27.3 Å². The van der Waals surface area contributed by atoms with Crippen LogP contribution in [0.15, 0.2) is 0 Å². The number of rotatable bonds is 6. The SMILES string of the molecule is CNCC(C)(C)CCCOC. The second-order valence-electron chi connectivity index (χ2n) is 3.79. The summed E-state index contributed by atoms with van der Waals surface area (Å²) < 4.78 is 4.99. The second-order valence-corrected chi connectivity index (χ2v) is 3.79. The fraction of sp³-hybridized carbons (Fsp3) is 1.00. The van der Waals surface area contributed by atoms with Crippen LogP contribution < -0.4 is 5.32 Å². The molecule has 0 aliphatic heterocycles. The van der Waals surface area contributed by atoms with E-state index in [1.807, 2.05) is 7.05 Å². The van der Waals surface area contributed by atoms with Crippen LogP contribution in [0.25, 0.3) is 0 Å². The van der Waals surface area contributed by atoms with Gasteiger partial charge in [0, 0.05) is 13.7 Å². The van der Waals surface area contributed by atoms with Gasteiger partial charge in [-0.3, -0.25) is 0 Å². The first-order valence-electron chi connectivity index (χ1n) is 4.26. The van der Waals surface area contributed by atoms with Crippen molar-refractivity contribution < 1.29 is 4.74 Å². The van der Waals surface area contributed by atoms with Crippen molar-refractivity contribution in [1.82, 2.24) is 5.32 Å². The summed E-state index contributed by atoms with van der Waals surface area (Å²) in [6.07, 6.45) is 2.38. The van der Waals surface area contributed by atoms with E-state index in [1.165, 1.54) is 6.42 Å². The van der Waals surface area contributed by atoms with Crippen LogP contribution in [0, 0.1) is 5.41 Å². The quantitative estimate of drug-likeness (QED) is 0.595. The summed E-state index contributed by atoms with van der Waals surface area (Å²) in [6, 6.07) is 0. The molecule has 0 heterocycles. The van der Waals surface area contributed by atoms with Gasteiger partial charge >= 0.3 is 0 Å². The lowest BCUT2D eigenvalue weighted by atomic mass is 9.88. The van der Waals surface area contributed by atoms with Crippen molar-refractivity contribution in [2.24, 2.45) is 5.41 Å². The highest BCUT2D eigenvalue weighted by Crippen LogP contribution is 2.20. The Hall–Kier alpha value is -0.0800. The van der Waals surface area contributed by atoms with Crippen LogP contribution in [-0.4, -0.2) is 27.3 Å². The molecule has 1 N–H and O–H groups in total. The number of hydrogen-bond donors (Lipinski definition) is 1. The normalized spacial score (nSPS) is 12.0. The van der Waals surface area contributed by atoms with Crippen LogP contribution in [0.5, 0.6) is 0 Å². The summed E-state index contributed by atoms with van der Waals surface area (Å²) in [4.78, 5) is 0. The highest BCUT2D eigenvalue weighted by atomic mass is 16.5. The standard InChI is InChI=1S/C9H21NO/c1-9(2,8-10-3)6-5-7-11-4/h10H,5-8H2,1-4H3. The Kier molecular flexibility index (Phi) is 5.51. The second kappa shape index (κ2) is 5.56. The van der Waals surface area contributed by atoms with E-state index in [0.717, 1.165) is 19.6 Å². The van der Waals surface area contributed by atoms with E-state index in [9.17, 15) is 0 Å². The van der Waals surface area contributed by atoms with Gasteiger partial charge in [0.15, 0.2) is 0 Å². The average Bonchev–Trinajstić information content (AvgIpc) is 1.87. The smallest absolute Gasteiger partial charge is 0.0462 e. The van der Waals surface area contributed by atoms with Gasteiger partial charge in [-0.15, -0.1) is 0 Å². The van der Waals surface area contributed by atoms with E-state index in [1.54, 1.807) is 7.11 Å². The summed E-state index contributed by atoms with van der Waals surface area (Å²) >= 11 is 0. The van der Waals surface area contributed by atoms with E-state index in [-0.39, 0.29) is 0 Å². The predicted octanol–water partition coefficient (Wildman–Crippen LogP) is 1.66. The molecule has 0 aliphatic carbocycles. The molecule has 2 heteroatoms. The first-order chi connectivity index (χ1) is 5.12. The fourth-order valence-corrected chi connectivity index (χ4v) is 1.26. The number of methoxy groups -OCH3 is 1. The largest absolute Gasteiger partial charge is 0.385 e. The molecule has 0 rings (SSSR count). The molecule has 0 amide bonds. The molecule has 0 spiro atoms. The molecular weight excluding hydrogens is 138 g/mol. The number of nitrogens with one attached hydrogen (secondary N) is 1. The minimum Gasteiger partial charge on any atom is -0.385 e. The van der Waals surface area contributed by atoms with Crippen LogP contribution in [0.4, 0.5) is 0 Å². The minimum absolute atomic E-state index is 0.410. The molecule has 0 saturated heterocycles. The lowest BCUT2D eigenvalue weighted by Crippen LogP contribution is -2.26. The molecule has 0 aromatic carbocycles. The van der Waals surface area contributed by atoms with Gasteiger partial charge < -0.3 is 10.1 Å². The Balaban J connectivity index is 3.38. The zero-order chi connectivity index (χ0) is 8.74. The van der Waals surface area contributed by atoms with Gasteiger partial charge in [0.05, 0.1) is 0 Å². The van der Waals surface area contributed by atoms with Crippen LogP contribution in [-0.2, 0) is 4.74 Å². The lowest BCUT2D eigenvalue weighted by Gasteiger charge is -2.23. The van der Waals surface area contributed by atoms with Gasteiger partial charge in [0.25, 0.3) is 0 Å². The average molecular weight is 159 g/mol. The van der Waals surface area contributed by atoms with Crippen LogP contribution in [0.2, 0.25) is 0 Å². The Morgan fingerprint density at radius 3 is 2.45 bits per heavy atom. The van der Waals surface area contributed by atoms with Crippen LogP contribution >= 0.6 is 0 Å². The summed E-state index contributed by atoms with van der Waals surface area (Å²) in [7, 11) is 3.75. The minimum atomic E-state index is 0.410. The Labute approximate surface area is 70.3 Å². The predicted molar refractivity (Wildman–Crippen MR) is 48.8 cm³/mol. The van der Waals surface area contributed by atoms with Crippen LogP contribution in [0.1, 0.15) is 26.7 Å². The van der Waals surface area contributed by atoms with Crippen molar-refractivity contribution in [2.45, 2.75) is 26.7 Å². The molecule has 2 nitrogen and oxygen atoms in total. The van der Waals surface area contributed by atoms with Crippen LogP contribution in [0.3, 0.4) is 0 Å². The van der Waals surface area contributed by atoms with Gasteiger partial charge in [0.1, 0.15) is 0 Å². The highest BCUT2D eigenvalue weighted by molar-refractivity contribution is 4.69. The molecule has 68 valence electrons. The molecular formula is C9H21NO. The third-order valence-corrected chi connectivity index (χ3v) is 1.86. The number of ether oxygens (including phenoxy) is 1. The van der Waals surface area contributed by atoms with Crippen molar-refractivity contribution in [1.29, 1.82) is 0 Å². The fourth-order valence-electron chi connectivity index (χ4n) is 1.26. The number of hydrogen-bond acceptors (Lipinski definition) is 2. The molecule has 0 atom stereocenters. The van der Waals surface area contributed by atoms with Gasteiger partial charge in [-0.1, -0.05) is 13.8 Å². The third kappa shape index (κ3) is 6.32. The van der Waals surface area contributed by atoms with Gasteiger partial charge in [-0.25, -0.2) is 0 Å². The van der Waals surface area contributed by atoms with E-state index in [4.69, 9.17) is 4.74 Å². The first-order valence-corrected chi connectivity index (χ1v) is 4.26. The van der Waals surface area contributed by atoms with E-state index < -0.39 is 0 Å². The molecule has 0 radical (unpaired) electrons. The molecule has 0 saturated carbocycles. The first kappa shape index (κ1) is 10.9. The molecule has 0 fully saturated rings. The Bertz CT molecular complexity index is 91.6. The highest BCUT2D eigenvalue weighted by Gasteiger charge is 2.15. The molecule has 0 aromatic rings. The van der Waals surface area contributed by atoms with Gasteiger partial charge in [-0.05, 0) is 31.8 Å². The van der Waals surface area contributed by atoms with E-state index in [0.29, 0.717) is 5.41 Å². The molecule has 0 unspecified atom stereocenters. The monoisotopic (exact) mass is 159 g/mol. The van der Waals surface area contributed by atoms with E-state index in [2.05, 4.69) is 19.2 Å². The zero-order valence-electron chi connectivity index (χ0n) is 8.24. The molecule has 0 aliphatic rings. The molecule has 11 heavy (non-hydrogen) atoms. The maximum absolute atomic E-state index is 4.99. The van der Waals surface area contributed by atoms with Gasteiger partial charge in [0.2, 0.25) is 0 Å². The zero-order valence-corrected chi connectivity index (χ0v) is 8.24. The molecule has 0 aromatic heterocycles. The maximum atomic E-state index is 4.99. The third-order valence-electron chi connectivity index (χ3n) is 1.86. The van der Waals surface area contributed by atoms with E-state index >= 15 is 0 Å². The Morgan fingerprint density at radius 1 is 1.36 bits per heavy atom. The van der Waals surface area contributed by atoms with Gasteiger partial charge in [-0.2, -0.15) is 0 Å². The summed E-state index contributed by atoms with van der Waals surface area (Å²) in [6.45, 7) is 6.52.